The molecule has 2 heterocycles. The van der Waals surface area contributed by atoms with Crippen LogP contribution < -0.4 is 0 Å². The van der Waals surface area contributed by atoms with Gasteiger partial charge in [0, 0.05) is 25.9 Å². The van der Waals surface area contributed by atoms with Gasteiger partial charge in [-0.1, -0.05) is 12.1 Å². The molecule has 0 unspecified atom stereocenters. The van der Waals surface area contributed by atoms with Gasteiger partial charge in [0.05, 0.1) is 15.2 Å². The average Bonchev–Trinajstić information content (AvgIpc) is 3.03. The fourth-order valence-corrected chi connectivity index (χ4v) is 4.44. The first kappa shape index (κ1) is 17.9. The largest absolute Gasteiger partial charge is 0.481 e. The number of aliphatic carboxylic acids is 1. The van der Waals surface area contributed by atoms with E-state index in [0.717, 1.165) is 42.8 Å². The third-order valence-electron chi connectivity index (χ3n) is 4.76. The summed E-state index contributed by atoms with van der Waals surface area (Å²) in [4.78, 5) is 29.7. The molecule has 25 heavy (non-hydrogen) atoms. The number of aryl methyl sites for hydroxylation is 1. The van der Waals surface area contributed by atoms with E-state index in [4.69, 9.17) is 5.11 Å². The maximum Gasteiger partial charge on any atom is 0.303 e. The molecule has 1 saturated heterocycles. The first-order valence-electron chi connectivity index (χ1n) is 8.96. The van der Waals surface area contributed by atoms with Crippen LogP contribution >= 0.6 is 11.3 Å². The molecule has 0 saturated carbocycles. The lowest BCUT2D eigenvalue weighted by Crippen LogP contribution is -2.40. The summed E-state index contributed by atoms with van der Waals surface area (Å²) in [6.07, 6.45) is 5.07. The number of carbonyl (C=O) groups excluding carboxylic acids is 1. The summed E-state index contributed by atoms with van der Waals surface area (Å²) in [7, 11) is 0. The lowest BCUT2D eigenvalue weighted by molar-refractivity contribution is -0.137. The molecule has 1 N–H and O–H groups in total. The van der Waals surface area contributed by atoms with Crippen molar-refractivity contribution in [1.29, 1.82) is 0 Å². The highest BCUT2D eigenvalue weighted by atomic mass is 32.1. The van der Waals surface area contributed by atoms with Gasteiger partial charge in [0.1, 0.15) is 0 Å². The van der Waals surface area contributed by atoms with Gasteiger partial charge in [-0.15, -0.1) is 11.3 Å². The van der Waals surface area contributed by atoms with Gasteiger partial charge in [0.25, 0.3) is 0 Å². The molecule has 1 aliphatic rings. The molecule has 0 radical (unpaired) electrons. The van der Waals surface area contributed by atoms with Crippen molar-refractivity contribution in [2.24, 2.45) is 5.92 Å². The number of carboxylic acid groups (broad SMARTS) is 1. The minimum Gasteiger partial charge on any atom is -0.481 e. The van der Waals surface area contributed by atoms with Crippen molar-refractivity contribution in [2.45, 2.75) is 44.9 Å². The van der Waals surface area contributed by atoms with Crippen molar-refractivity contribution in [3.05, 3.63) is 29.3 Å². The number of para-hydroxylation sites is 1. The minimum absolute atomic E-state index is 0.195. The third kappa shape index (κ3) is 5.01. The number of likely N-dealkylation sites (tertiary alicyclic amines) is 1. The predicted molar refractivity (Wildman–Crippen MR) is 98.7 cm³/mol. The Bertz CT molecular complexity index is 710. The number of fused-ring (bicyclic) bond motifs is 1. The Morgan fingerprint density at radius 2 is 2.12 bits per heavy atom. The van der Waals surface area contributed by atoms with Crippen LogP contribution in [-0.2, 0) is 16.0 Å². The van der Waals surface area contributed by atoms with Crippen molar-refractivity contribution < 1.29 is 14.7 Å². The number of hydrogen-bond donors (Lipinski definition) is 1. The lowest BCUT2D eigenvalue weighted by atomic mass is 9.93. The summed E-state index contributed by atoms with van der Waals surface area (Å²) < 4.78 is 1.20. The SMILES string of the molecule is O=C(O)CC[C@H]1CCCN(C(=O)CCCc2nc3ccccc3s2)C1. The number of hydrogen-bond acceptors (Lipinski definition) is 4. The Kier molecular flexibility index (Phi) is 6.02. The summed E-state index contributed by atoms with van der Waals surface area (Å²) in [6.45, 7) is 1.52. The summed E-state index contributed by atoms with van der Waals surface area (Å²) in [5, 5.41) is 9.90. The molecule has 0 bridgehead atoms. The number of amides is 1. The number of rotatable bonds is 7. The van der Waals surface area contributed by atoms with Gasteiger partial charge in [0.15, 0.2) is 0 Å². The molecule has 1 aliphatic heterocycles. The number of carboxylic acids is 1. The van der Waals surface area contributed by atoms with Crippen LogP contribution in [0.3, 0.4) is 0 Å². The Hall–Kier alpha value is -1.95. The molecular weight excluding hydrogens is 336 g/mol. The van der Waals surface area contributed by atoms with Crippen molar-refractivity contribution in [3.8, 4) is 0 Å². The third-order valence-corrected chi connectivity index (χ3v) is 5.85. The molecule has 1 aromatic heterocycles. The smallest absolute Gasteiger partial charge is 0.303 e. The van der Waals surface area contributed by atoms with E-state index >= 15 is 0 Å². The van der Waals surface area contributed by atoms with Gasteiger partial charge in [0.2, 0.25) is 5.91 Å². The van der Waals surface area contributed by atoms with Crippen LogP contribution in [0.15, 0.2) is 24.3 Å². The standard InChI is InChI=1S/C19H24N2O3S/c22-18(21-12-4-5-14(13-21)10-11-19(23)24)9-3-8-17-20-15-6-1-2-7-16(15)25-17/h1-2,6-7,14H,3-5,8-13H2,(H,23,24)/t14-/m1/s1. The van der Waals surface area contributed by atoms with Crippen molar-refractivity contribution in [3.63, 3.8) is 0 Å². The van der Waals surface area contributed by atoms with E-state index < -0.39 is 5.97 Å². The number of aromatic nitrogens is 1. The summed E-state index contributed by atoms with van der Waals surface area (Å²) in [6, 6.07) is 8.11. The number of nitrogens with zero attached hydrogens (tertiary/aromatic N) is 2. The van der Waals surface area contributed by atoms with Crippen molar-refractivity contribution >= 4 is 33.4 Å². The molecule has 1 fully saturated rings. The van der Waals surface area contributed by atoms with Crippen LogP contribution in [0, 0.1) is 5.92 Å². The molecule has 3 rings (SSSR count). The zero-order chi connectivity index (χ0) is 17.6. The molecule has 6 heteroatoms. The van der Waals surface area contributed by atoms with Gasteiger partial charge in [-0.05, 0) is 50.2 Å². The van der Waals surface area contributed by atoms with Crippen LogP contribution in [-0.4, -0.2) is 40.0 Å². The highest BCUT2D eigenvalue weighted by Gasteiger charge is 2.23. The van der Waals surface area contributed by atoms with Gasteiger partial charge < -0.3 is 10.0 Å². The zero-order valence-corrected chi connectivity index (χ0v) is 15.1. The van der Waals surface area contributed by atoms with Gasteiger partial charge in [-0.3, -0.25) is 9.59 Å². The first-order chi connectivity index (χ1) is 12.1. The Labute approximate surface area is 151 Å². The van der Waals surface area contributed by atoms with E-state index in [1.807, 2.05) is 23.1 Å². The molecule has 134 valence electrons. The highest BCUT2D eigenvalue weighted by molar-refractivity contribution is 7.18. The molecular formula is C19H24N2O3S. The van der Waals surface area contributed by atoms with E-state index in [1.54, 1.807) is 11.3 Å². The lowest BCUT2D eigenvalue weighted by Gasteiger charge is -2.32. The summed E-state index contributed by atoms with van der Waals surface area (Å²) >= 11 is 1.70. The number of carbonyl (C=O) groups is 2. The predicted octanol–water partition coefficient (Wildman–Crippen LogP) is 3.72. The average molecular weight is 360 g/mol. The summed E-state index contributed by atoms with van der Waals surface area (Å²) in [5.41, 5.74) is 1.03. The Morgan fingerprint density at radius 1 is 1.28 bits per heavy atom. The quantitative estimate of drug-likeness (QED) is 0.817. The Morgan fingerprint density at radius 3 is 2.92 bits per heavy atom. The number of benzene rings is 1. The van der Waals surface area contributed by atoms with E-state index in [1.165, 1.54) is 4.70 Å². The normalized spacial score (nSPS) is 17.8. The van der Waals surface area contributed by atoms with Crippen LogP contribution in [0.1, 0.15) is 43.5 Å². The van der Waals surface area contributed by atoms with Crippen LogP contribution in [0.4, 0.5) is 0 Å². The molecule has 0 aliphatic carbocycles. The van der Waals surface area contributed by atoms with Crippen molar-refractivity contribution in [2.75, 3.05) is 13.1 Å². The Balaban J connectivity index is 1.44. The summed E-state index contributed by atoms with van der Waals surface area (Å²) in [5.74, 6) is -0.224. The monoisotopic (exact) mass is 360 g/mol. The number of thiazole rings is 1. The van der Waals surface area contributed by atoms with Crippen LogP contribution in [0.5, 0.6) is 0 Å². The molecule has 0 spiro atoms. The second-order valence-electron chi connectivity index (χ2n) is 6.71. The van der Waals surface area contributed by atoms with E-state index in [9.17, 15) is 9.59 Å². The maximum atomic E-state index is 12.4. The first-order valence-corrected chi connectivity index (χ1v) is 9.77. The van der Waals surface area contributed by atoms with Crippen molar-refractivity contribution in [1.82, 2.24) is 9.88 Å². The molecule has 5 nitrogen and oxygen atoms in total. The van der Waals surface area contributed by atoms with Crippen LogP contribution in [0.2, 0.25) is 0 Å². The van der Waals surface area contributed by atoms with E-state index in [-0.39, 0.29) is 12.3 Å². The van der Waals surface area contributed by atoms with E-state index in [0.29, 0.717) is 25.3 Å². The van der Waals surface area contributed by atoms with Gasteiger partial charge in [-0.2, -0.15) is 0 Å². The van der Waals surface area contributed by atoms with Crippen LogP contribution in [0.25, 0.3) is 10.2 Å². The molecule has 2 aromatic rings. The molecule has 1 amide bonds. The fraction of sp³-hybridized carbons (Fsp3) is 0.526. The second kappa shape index (κ2) is 8.43. The number of piperidine rings is 1. The zero-order valence-electron chi connectivity index (χ0n) is 14.3. The fourth-order valence-electron chi connectivity index (χ4n) is 3.43. The maximum absolute atomic E-state index is 12.4. The minimum atomic E-state index is -0.751. The molecule has 1 aromatic carbocycles. The van der Waals surface area contributed by atoms with Gasteiger partial charge in [-0.25, -0.2) is 4.98 Å². The second-order valence-corrected chi connectivity index (χ2v) is 7.82. The van der Waals surface area contributed by atoms with Gasteiger partial charge >= 0.3 is 5.97 Å². The molecule has 1 atom stereocenters. The van der Waals surface area contributed by atoms with E-state index in [2.05, 4.69) is 11.1 Å². The topological polar surface area (TPSA) is 70.5 Å². The highest BCUT2D eigenvalue weighted by Crippen LogP contribution is 2.24.